The van der Waals surface area contributed by atoms with Gasteiger partial charge < -0.3 is 10.6 Å². The molecule has 2 unspecified atom stereocenters. The molecule has 1 aliphatic heterocycles. The number of alkyl halides is 3. The van der Waals surface area contributed by atoms with Gasteiger partial charge in [0.25, 0.3) is 11.8 Å². The lowest BCUT2D eigenvalue weighted by Gasteiger charge is -2.21. The summed E-state index contributed by atoms with van der Waals surface area (Å²) < 4.78 is 37.8. The second-order valence-electron chi connectivity index (χ2n) is 7.86. The molecule has 0 spiro atoms. The van der Waals surface area contributed by atoms with E-state index in [0.717, 1.165) is 4.90 Å². The molecule has 36 heavy (non-hydrogen) atoms. The lowest BCUT2D eigenvalue weighted by atomic mass is 9.92. The van der Waals surface area contributed by atoms with Gasteiger partial charge in [-0.15, -0.1) is 0 Å². The highest BCUT2D eigenvalue weighted by molar-refractivity contribution is 8.00. The quantitative estimate of drug-likeness (QED) is 0.307. The Balaban J connectivity index is 1.53. The van der Waals surface area contributed by atoms with Crippen LogP contribution in [-0.2, 0) is 4.79 Å². The second kappa shape index (κ2) is 10.2. The molecule has 7 nitrogen and oxygen atoms in total. The molecule has 2 aromatic carbocycles. The van der Waals surface area contributed by atoms with Gasteiger partial charge in [0, 0.05) is 27.6 Å². The van der Waals surface area contributed by atoms with Crippen molar-refractivity contribution in [1.29, 1.82) is 0 Å². The number of hydrogen-bond acceptors (Lipinski definition) is 5. The number of carbonyl (C=O) groups excluding carboxylic acids is 3. The van der Waals surface area contributed by atoms with Crippen molar-refractivity contribution in [1.82, 2.24) is 10.3 Å². The molecule has 1 saturated heterocycles. The zero-order valence-electron chi connectivity index (χ0n) is 18.5. The topological polar surface area (TPSA) is 91.4 Å². The van der Waals surface area contributed by atoms with Crippen molar-refractivity contribution in [2.24, 2.45) is 0 Å². The molecule has 4 rings (SSSR count). The smallest absolute Gasteiger partial charge is 0.325 e. The van der Waals surface area contributed by atoms with Crippen LogP contribution < -0.4 is 15.5 Å². The van der Waals surface area contributed by atoms with Crippen LogP contribution in [0.2, 0.25) is 5.02 Å². The van der Waals surface area contributed by atoms with Gasteiger partial charge in [0.1, 0.15) is 6.04 Å². The molecule has 186 valence electrons. The molecule has 0 aliphatic carbocycles. The molecule has 0 bridgehead atoms. The second-order valence-corrected chi connectivity index (χ2v) is 9.43. The normalized spacial score (nSPS) is 16.6. The highest BCUT2D eigenvalue weighted by Gasteiger charge is 2.43. The number of nitrogens with zero attached hydrogens (tertiary/aromatic N) is 2. The van der Waals surface area contributed by atoms with Crippen LogP contribution in [-0.4, -0.2) is 34.4 Å². The average molecular weight is 535 g/mol. The van der Waals surface area contributed by atoms with Gasteiger partial charge >= 0.3 is 11.5 Å². The van der Waals surface area contributed by atoms with Crippen molar-refractivity contribution < 1.29 is 27.6 Å². The standard InChI is InChI=1S/C24H18ClF3N4O3S/c1-13(18-10-11-29-12-19(18)30-21(33)14-2-4-15(25)5-3-14)20-22(34)32(23(35)31-20)16-6-8-17(9-7-16)36-24(26,27)28/h2-13,20H,1H3,(H,30,33)(H,31,35). The number of pyridine rings is 1. The molecule has 0 radical (unpaired) electrons. The van der Waals surface area contributed by atoms with Crippen LogP contribution in [0.1, 0.15) is 28.8 Å². The van der Waals surface area contributed by atoms with Crippen LogP contribution in [0, 0.1) is 0 Å². The fourth-order valence-corrected chi connectivity index (χ4v) is 4.43. The molecule has 1 aliphatic rings. The summed E-state index contributed by atoms with van der Waals surface area (Å²) >= 11 is 5.58. The van der Waals surface area contributed by atoms with E-state index in [1.54, 1.807) is 37.3 Å². The molecule has 2 atom stereocenters. The van der Waals surface area contributed by atoms with Gasteiger partial charge in [-0.05, 0) is 71.9 Å². The van der Waals surface area contributed by atoms with Crippen molar-refractivity contribution in [3.63, 3.8) is 0 Å². The number of amides is 4. The Morgan fingerprint density at radius 1 is 1.11 bits per heavy atom. The molecule has 12 heteroatoms. The van der Waals surface area contributed by atoms with Gasteiger partial charge in [-0.2, -0.15) is 13.2 Å². The predicted octanol–water partition coefficient (Wildman–Crippen LogP) is 5.83. The maximum Gasteiger partial charge on any atom is 0.446 e. The summed E-state index contributed by atoms with van der Waals surface area (Å²) in [6.45, 7) is 1.71. The summed E-state index contributed by atoms with van der Waals surface area (Å²) in [7, 11) is 0. The van der Waals surface area contributed by atoms with E-state index in [9.17, 15) is 27.6 Å². The summed E-state index contributed by atoms with van der Waals surface area (Å²) in [6.07, 6.45) is 2.94. The number of imide groups is 1. The summed E-state index contributed by atoms with van der Waals surface area (Å²) in [6, 6.07) is 11.2. The number of hydrogen-bond donors (Lipinski definition) is 2. The number of thioether (sulfide) groups is 1. The van der Waals surface area contributed by atoms with E-state index in [0.29, 0.717) is 21.8 Å². The van der Waals surface area contributed by atoms with Crippen LogP contribution in [0.15, 0.2) is 71.9 Å². The molecule has 3 aromatic rings. The van der Waals surface area contributed by atoms with Gasteiger partial charge in [0.15, 0.2) is 0 Å². The van der Waals surface area contributed by atoms with Crippen molar-refractivity contribution in [3.05, 3.63) is 83.1 Å². The third kappa shape index (κ3) is 5.63. The van der Waals surface area contributed by atoms with Gasteiger partial charge in [-0.1, -0.05) is 18.5 Å². The molecule has 4 amide bonds. The number of benzene rings is 2. The molecule has 1 fully saturated rings. The lowest BCUT2D eigenvalue weighted by molar-refractivity contribution is -0.118. The Morgan fingerprint density at radius 3 is 2.42 bits per heavy atom. The fraction of sp³-hybridized carbons (Fsp3) is 0.167. The first kappa shape index (κ1) is 25.5. The van der Waals surface area contributed by atoms with E-state index < -0.39 is 35.3 Å². The Hall–Kier alpha value is -3.57. The van der Waals surface area contributed by atoms with Crippen LogP contribution in [0.25, 0.3) is 0 Å². The van der Waals surface area contributed by atoms with Gasteiger partial charge in [0.05, 0.1) is 17.6 Å². The summed E-state index contributed by atoms with van der Waals surface area (Å²) in [5, 5.41) is 5.88. The minimum Gasteiger partial charge on any atom is -0.325 e. The average Bonchev–Trinajstić information content (AvgIpc) is 3.12. The van der Waals surface area contributed by atoms with Crippen molar-refractivity contribution in [3.8, 4) is 0 Å². The molecule has 2 N–H and O–H groups in total. The zero-order chi connectivity index (χ0) is 26.0. The third-order valence-electron chi connectivity index (χ3n) is 5.50. The van der Waals surface area contributed by atoms with Crippen LogP contribution in [0.4, 0.5) is 29.3 Å². The number of aromatic nitrogens is 1. The lowest BCUT2D eigenvalue weighted by Crippen LogP contribution is -2.35. The van der Waals surface area contributed by atoms with Crippen LogP contribution >= 0.6 is 23.4 Å². The Morgan fingerprint density at radius 2 is 1.78 bits per heavy atom. The first-order valence-electron chi connectivity index (χ1n) is 10.5. The summed E-state index contributed by atoms with van der Waals surface area (Å²) in [5.74, 6) is -1.56. The van der Waals surface area contributed by atoms with Gasteiger partial charge in [0.2, 0.25) is 0 Å². The van der Waals surface area contributed by atoms with E-state index in [4.69, 9.17) is 11.6 Å². The Bertz CT molecular complexity index is 1300. The molecule has 2 heterocycles. The van der Waals surface area contributed by atoms with Crippen LogP contribution in [0.5, 0.6) is 0 Å². The van der Waals surface area contributed by atoms with Crippen molar-refractivity contribution >= 4 is 52.6 Å². The van der Waals surface area contributed by atoms with E-state index in [1.165, 1.54) is 36.7 Å². The monoisotopic (exact) mass is 534 g/mol. The number of urea groups is 1. The van der Waals surface area contributed by atoms with Crippen LogP contribution in [0.3, 0.4) is 0 Å². The predicted molar refractivity (Wildman–Crippen MR) is 130 cm³/mol. The van der Waals surface area contributed by atoms with E-state index in [-0.39, 0.29) is 22.3 Å². The van der Waals surface area contributed by atoms with E-state index in [1.807, 2.05) is 0 Å². The largest absolute Gasteiger partial charge is 0.446 e. The number of anilines is 2. The molecular weight excluding hydrogens is 517 g/mol. The number of rotatable bonds is 6. The SMILES string of the molecule is CC(c1ccncc1NC(=O)c1ccc(Cl)cc1)C1NC(=O)N(c2ccc(SC(F)(F)F)cc2)C1=O. The number of carbonyl (C=O) groups is 3. The highest BCUT2D eigenvalue weighted by Crippen LogP contribution is 2.38. The fourth-order valence-electron chi connectivity index (χ4n) is 3.76. The van der Waals surface area contributed by atoms with E-state index >= 15 is 0 Å². The van der Waals surface area contributed by atoms with Crippen molar-refractivity contribution in [2.45, 2.75) is 29.3 Å². The molecule has 1 aromatic heterocycles. The zero-order valence-corrected chi connectivity index (χ0v) is 20.1. The Kier molecular flexibility index (Phi) is 7.23. The van der Waals surface area contributed by atoms with Gasteiger partial charge in [-0.25, -0.2) is 9.69 Å². The summed E-state index contributed by atoms with van der Waals surface area (Å²) in [4.78, 5) is 43.4. The summed E-state index contributed by atoms with van der Waals surface area (Å²) in [5.41, 5.74) is -3.02. The first-order valence-corrected chi connectivity index (χ1v) is 11.7. The highest BCUT2D eigenvalue weighted by atomic mass is 35.5. The van der Waals surface area contributed by atoms with Gasteiger partial charge in [-0.3, -0.25) is 14.6 Å². The number of halogens is 4. The first-order chi connectivity index (χ1) is 17.0. The Labute approximate surface area is 213 Å². The molecule has 0 saturated carbocycles. The minimum atomic E-state index is -4.45. The van der Waals surface area contributed by atoms with E-state index in [2.05, 4.69) is 15.6 Å². The third-order valence-corrected chi connectivity index (χ3v) is 6.49. The minimum absolute atomic E-state index is 0.0684. The molecular formula is C24H18ClF3N4O3S. The maximum atomic E-state index is 13.2. The maximum absolute atomic E-state index is 13.2. The number of nitrogens with one attached hydrogen (secondary N) is 2. The van der Waals surface area contributed by atoms with Crippen molar-refractivity contribution in [2.75, 3.05) is 10.2 Å².